The van der Waals surface area contributed by atoms with Crippen LogP contribution in [0, 0.1) is 0 Å². The van der Waals surface area contributed by atoms with Gasteiger partial charge in [-0.25, -0.2) is 4.98 Å². The minimum absolute atomic E-state index is 0.0176. The molecule has 2 aromatic rings. The highest BCUT2D eigenvalue weighted by molar-refractivity contribution is 5.89. The maximum atomic E-state index is 12.9. The van der Waals surface area contributed by atoms with E-state index in [0.717, 1.165) is 0 Å². The first-order valence-electron chi connectivity index (χ1n) is 8.07. The molecule has 1 aliphatic rings. The number of hydrogen-bond acceptors (Lipinski definition) is 6. The van der Waals surface area contributed by atoms with Gasteiger partial charge in [0, 0.05) is 30.6 Å². The van der Waals surface area contributed by atoms with E-state index in [1.807, 2.05) is 0 Å². The second kappa shape index (κ2) is 6.29. The van der Waals surface area contributed by atoms with Gasteiger partial charge >= 0.3 is 6.18 Å². The molecule has 0 saturated carbocycles. The van der Waals surface area contributed by atoms with Crippen LogP contribution in [0.5, 0.6) is 5.75 Å². The van der Waals surface area contributed by atoms with Crippen LogP contribution in [0.3, 0.4) is 0 Å². The van der Waals surface area contributed by atoms with E-state index in [-0.39, 0.29) is 11.8 Å². The number of nitrogens with zero attached hydrogens (tertiary/aromatic N) is 2. The molecule has 4 N–H and O–H groups in total. The molecular formula is C17H18F3N5O2. The molecule has 0 fully saturated rings. The SMILES string of the molecule is CNc1nc(Nc2ccc3c(c2)OC(C)C3(C)C(N)=O)ncc1C(F)(F)F. The zero-order valence-electron chi connectivity index (χ0n) is 14.8. The Labute approximate surface area is 153 Å². The van der Waals surface area contributed by atoms with Crippen LogP contribution in [-0.2, 0) is 16.4 Å². The molecule has 3 rings (SSSR count). The van der Waals surface area contributed by atoms with Gasteiger partial charge in [0.15, 0.2) is 0 Å². The predicted molar refractivity (Wildman–Crippen MR) is 92.9 cm³/mol. The predicted octanol–water partition coefficient (Wildman–Crippen LogP) is 2.80. The molecule has 10 heteroatoms. The van der Waals surface area contributed by atoms with Crippen LogP contribution in [0.1, 0.15) is 25.0 Å². The Morgan fingerprint density at radius 2 is 2.07 bits per heavy atom. The average Bonchev–Trinajstić information content (AvgIpc) is 2.85. The van der Waals surface area contributed by atoms with E-state index in [1.165, 1.54) is 7.05 Å². The van der Waals surface area contributed by atoms with Gasteiger partial charge in [0.05, 0.1) is 0 Å². The molecular weight excluding hydrogens is 363 g/mol. The molecule has 2 unspecified atom stereocenters. The van der Waals surface area contributed by atoms with Crippen LogP contribution >= 0.6 is 0 Å². The molecule has 1 aromatic heterocycles. The average molecular weight is 381 g/mol. The standard InChI is InChI=1S/C17H18F3N5O2/c1-8-16(2,14(21)26)10-5-4-9(6-12(10)27-8)24-15-23-7-11(17(18,19)20)13(22-3)25-15/h4-8H,1-3H3,(H2,21,26)(H2,22,23,24,25). The van der Waals surface area contributed by atoms with E-state index in [2.05, 4.69) is 20.6 Å². The number of anilines is 3. The number of fused-ring (bicyclic) bond motifs is 1. The topological polar surface area (TPSA) is 102 Å². The summed E-state index contributed by atoms with van der Waals surface area (Å²) in [7, 11) is 1.34. The van der Waals surface area contributed by atoms with Crippen LogP contribution in [0.2, 0.25) is 0 Å². The van der Waals surface area contributed by atoms with E-state index in [9.17, 15) is 18.0 Å². The quantitative estimate of drug-likeness (QED) is 0.753. The molecule has 27 heavy (non-hydrogen) atoms. The van der Waals surface area contributed by atoms with Gasteiger partial charge in [-0.15, -0.1) is 0 Å². The van der Waals surface area contributed by atoms with Crippen molar-refractivity contribution >= 4 is 23.4 Å². The van der Waals surface area contributed by atoms with E-state index in [4.69, 9.17) is 10.5 Å². The number of hydrogen-bond donors (Lipinski definition) is 3. The summed E-state index contributed by atoms with van der Waals surface area (Å²) in [5.74, 6) is -0.392. The second-order valence-corrected chi connectivity index (χ2v) is 6.37. The molecule has 0 spiro atoms. The Morgan fingerprint density at radius 1 is 1.37 bits per heavy atom. The first-order valence-corrected chi connectivity index (χ1v) is 8.07. The number of amides is 1. The Balaban J connectivity index is 1.91. The van der Waals surface area contributed by atoms with Crippen LogP contribution in [0.25, 0.3) is 0 Å². The number of alkyl halides is 3. The summed E-state index contributed by atoms with van der Waals surface area (Å²) >= 11 is 0. The molecule has 0 bridgehead atoms. The first-order chi connectivity index (χ1) is 12.6. The lowest BCUT2D eigenvalue weighted by atomic mass is 9.79. The molecule has 0 saturated heterocycles. The van der Waals surface area contributed by atoms with Crippen molar-refractivity contribution in [3.05, 3.63) is 35.5 Å². The van der Waals surface area contributed by atoms with Crippen molar-refractivity contribution in [2.45, 2.75) is 31.5 Å². The largest absolute Gasteiger partial charge is 0.489 e. The number of primary amides is 1. The normalized spacial score (nSPS) is 21.3. The monoisotopic (exact) mass is 381 g/mol. The Kier molecular flexibility index (Phi) is 4.37. The molecule has 2 heterocycles. The van der Waals surface area contributed by atoms with Crippen molar-refractivity contribution in [2.75, 3.05) is 17.7 Å². The maximum Gasteiger partial charge on any atom is 0.421 e. The van der Waals surface area contributed by atoms with Crippen LogP contribution in [0.4, 0.5) is 30.6 Å². The minimum atomic E-state index is -4.56. The van der Waals surface area contributed by atoms with E-state index in [1.54, 1.807) is 32.0 Å². The number of aromatic nitrogens is 2. The smallest absolute Gasteiger partial charge is 0.421 e. The molecule has 1 amide bonds. The van der Waals surface area contributed by atoms with Crippen LogP contribution < -0.4 is 21.1 Å². The number of nitrogens with one attached hydrogen (secondary N) is 2. The number of nitrogens with two attached hydrogens (primary N) is 1. The van der Waals surface area contributed by atoms with Crippen molar-refractivity contribution in [3.63, 3.8) is 0 Å². The number of carbonyl (C=O) groups is 1. The van der Waals surface area contributed by atoms with Gasteiger partial charge in [-0.2, -0.15) is 18.2 Å². The van der Waals surface area contributed by atoms with E-state index in [0.29, 0.717) is 23.2 Å². The number of carbonyl (C=O) groups excluding carboxylic acids is 1. The Hall–Kier alpha value is -3.04. The van der Waals surface area contributed by atoms with E-state index < -0.39 is 29.2 Å². The van der Waals surface area contributed by atoms with Crippen LogP contribution in [-0.4, -0.2) is 29.0 Å². The molecule has 1 aliphatic heterocycles. The van der Waals surface area contributed by atoms with Gasteiger partial charge in [-0.1, -0.05) is 6.07 Å². The van der Waals surface area contributed by atoms with Gasteiger partial charge in [-0.3, -0.25) is 4.79 Å². The zero-order valence-corrected chi connectivity index (χ0v) is 14.8. The van der Waals surface area contributed by atoms with Gasteiger partial charge in [0.2, 0.25) is 11.9 Å². The lowest BCUT2D eigenvalue weighted by Gasteiger charge is -2.23. The first kappa shape index (κ1) is 18.7. The van der Waals surface area contributed by atoms with Crippen molar-refractivity contribution in [1.82, 2.24) is 9.97 Å². The lowest BCUT2D eigenvalue weighted by molar-refractivity contribution is -0.137. The zero-order chi connectivity index (χ0) is 20.0. The number of rotatable bonds is 4. The van der Waals surface area contributed by atoms with Crippen LogP contribution in [0.15, 0.2) is 24.4 Å². The highest BCUT2D eigenvalue weighted by Gasteiger charge is 2.47. The third-order valence-corrected chi connectivity index (χ3v) is 4.76. The van der Waals surface area contributed by atoms with Gasteiger partial charge in [0.1, 0.15) is 28.6 Å². The van der Waals surface area contributed by atoms with Gasteiger partial charge < -0.3 is 21.1 Å². The summed E-state index contributed by atoms with van der Waals surface area (Å²) in [6, 6.07) is 4.97. The fraction of sp³-hybridized carbons (Fsp3) is 0.353. The number of benzene rings is 1. The second-order valence-electron chi connectivity index (χ2n) is 6.37. The molecule has 2 atom stereocenters. The number of ether oxygens (including phenoxy) is 1. The molecule has 7 nitrogen and oxygen atoms in total. The van der Waals surface area contributed by atoms with Gasteiger partial charge in [-0.05, 0) is 19.9 Å². The van der Waals surface area contributed by atoms with Crippen molar-refractivity contribution in [3.8, 4) is 5.75 Å². The summed E-state index contributed by atoms with van der Waals surface area (Å²) in [5, 5.41) is 5.24. The summed E-state index contributed by atoms with van der Waals surface area (Å²) in [6.45, 7) is 3.45. The Morgan fingerprint density at radius 3 is 2.67 bits per heavy atom. The highest BCUT2D eigenvalue weighted by Crippen LogP contribution is 2.44. The molecule has 0 radical (unpaired) electrons. The molecule has 0 aliphatic carbocycles. The fourth-order valence-electron chi connectivity index (χ4n) is 2.96. The summed E-state index contributed by atoms with van der Waals surface area (Å²) in [5.41, 5.74) is 4.75. The third kappa shape index (κ3) is 3.11. The summed E-state index contributed by atoms with van der Waals surface area (Å²) < 4.78 is 44.5. The number of halogens is 3. The summed E-state index contributed by atoms with van der Waals surface area (Å²) in [6.07, 6.45) is -4.30. The fourth-order valence-corrected chi connectivity index (χ4v) is 2.96. The Bertz CT molecular complexity index is 903. The van der Waals surface area contributed by atoms with Crippen molar-refractivity contribution < 1.29 is 22.7 Å². The third-order valence-electron chi connectivity index (χ3n) is 4.76. The summed E-state index contributed by atoms with van der Waals surface area (Å²) in [4.78, 5) is 19.4. The maximum absolute atomic E-state index is 12.9. The lowest BCUT2D eigenvalue weighted by Crippen LogP contribution is -2.45. The molecule has 1 aromatic carbocycles. The van der Waals surface area contributed by atoms with Crippen molar-refractivity contribution in [2.24, 2.45) is 5.73 Å². The van der Waals surface area contributed by atoms with Gasteiger partial charge in [0.25, 0.3) is 0 Å². The highest BCUT2D eigenvalue weighted by atomic mass is 19.4. The van der Waals surface area contributed by atoms with Crippen molar-refractivity contribution in [1.29, 1.82) is 0 Å². The minimum Gasteiger partial charge on any atom is -0.489 e. The molecule has 144 valence electrons. The van der Waals surface area contributed by atoms with E-state index >= 15 is 0 Å².